The van der Waals surface area contributed by atoms with Crippen LogP contribution in [0.2, 0.25) is 5.02 Å². The summed E-state index contributed by atoms with van der Waals surface area (Å²) in [5, 5.41) is 7.11. The van der Waals surface area contributed by atoms with Crippen LogP contribution in [0, 0.1) is 6.92 Å². The number of Topliss-reactive ketones (excluding diaryl/α,β-unsaturated/α-hetero) is 1. The fraction of sp³-hybridized carbons (Fsp3) is 0.312. The van der Waals surface area contributed by atoms with E-state index < -0.39 is 0 Å². The van der Waals surface area contributed by atoms with Gasteiger partial charge in [0.1, 0.15) is 5.76 Å². The third-order valence-electron chi connectivity index (χ3n) is 3.12. The second kappa shape index (κ2) is 7.75. The van der Waals surface area contributed by atoms with Gasteiger partial charge in [-0.3, -0.25) is 9.59 Å². The minimum atomic E-state index is -0.154. The molecule has 22 heavy (non-hydrogen) atoms. The molecule has 0 aliphatic heterocycles. The second-order valence-corrected chi connectivity index (χ2v) is 5.40. The Bertz CT molecular complexity index is 650. The van der Waals surface area contributed by atoms with E-state index in [-0.39, 0.29) is 24.5 Å². The van der Waals surface area contributed by atoms with Crippen molar-refractivity contribution in [1.82, 2.24) is 10.5 Å². The second-order valence-electron chi connectivity index (χ2n) is 4.96. The number of ketones is 1. The zero-order valence-corrected chi connectivity index (χ0v) is 13.0. The van der Waals surface area contributed by atoms with Crippen LogP contribution in [0.3, 0.4) is 0 Å². The molecule has 2 aromatic rings. The van der Waals surface area contributed by atoms with E-state index in [1.807, 2.05) is 13.0 Å². The number of hydrogen-bond acceptors (Lipinski definition) is 4. The molecule has 0 saturated carbocycles. The molecule has 2 rings (SSSR count). The maximum Gasteiger partial charge on any atom is 0.220 e. The topological polar surface area (TPSA) is 72.2 Å². The maximum atomic E-state index is 11.9. The van der Waals surface area contributed by atoms with Gasteiger partial charge in [0, 0.05) is 42.5 Å². The average molecular weight is 321 g/mol. The van der Waals surface area contributed by atoms with E-state index in [9.17, 15) is 9.59 Å². The molecule has 1 aromatic carbocycles. The SMILES string of the molecule is Cc1cc(CCNC(=O)CCC(=O)c2ccc(Cl)cc2)on1. The van der Waals surface area contributed by atoms with Gasteiger partial charge in [-0.15, -0.1) is 0 Å². The van der Waals surface area contributed by atoms with E-state index in [4.69, 9.17) is 16.1 Å². The van der Waals surface area contributed by atoms with Crippen molar-refractivity contribution in [3.8, 4) is 0 Å². The molecular formula is C16H17ClN2O3. The van der Waals surface area contributed by atoms with Crippen LogP contribution in [-0.4, -0.2) is 23.4 Å². The summed E-state index contributed by atoms with van der Waals surface area (Å²) in [5.74, 6) is 0.506. The number of benzene rings is 1. The monoisotopic (exact) mass is 320 g/mol. The predicted molar refractivity (Wildman–Crippen MR) is 83.0 cm³/mol. The molecule has 1 aromatic heterocycles. The molecule has 0 radical (unpaired) electrons. The van der Waals surface area contributed by atoms with Crippen molar-refractivity contribution in [3.05, 3.63) is 52.4 Å². The third kappa shape index (κ3) is 5.00. The molecule has 1 N–H and O–H groups in total. The van der Waals surface area contributed by atoms with Crippen LogP contribution < -0.4 is 5.32 Å². The highest BCUT2D eigenvalue weighted by Gasteiger charge is 2.09. The molecule has 5 nitrogen and oxygen atoms in total. The van der Waals surface area contributed by atoms with Crippen molar-refractivity contribution < 1.29 is 14.1 Å². The van der Waals surface area contributed by atoms with Crippen molar-refractivity contribution in [2.24, 2.45) is 0 Å². The summed E-state index contributed by atoms with van der Waals surface area (Å²) in [6.45, 7) is 2.30. The van der Waals surface area contributed by atoms with Crippen molar-refractivity contribution in [3.63, 3.8) is 0 Å². The van der Waals surface area contributed by atoms with Crippen molar-refractivity contribution >= 4 is 23.3 Å². The Labute approximate surface area is 133 Å². The minimum absolute atomic E-state index is 0.0716. The number of aryl methyl sites for hydroxylation is 1. The standard InChI is InChI=1S/C16H17ClN2O3/c1-11-10-14(22-19-11)8-9-18-16(21)7-6-15(20)12-2-4-13(17)5-3-12/h2-5,10H,6-9H2,1H3,(H,18,21). The molecule has 0 unspecified atom stereocenters. The summed E-state index contributed by atoms with van der Waals surface area (Å²) in [4.78, 5) is 23.6. The fourth-order valence-corrected chi connectivity index (χ4v) is 2.08. The van der Waals surface area contributed by atoms with E-state index >= 15 is 0 Å². The van der Waals surface area contributed by atoms with Crippen LogP contribution in [-0.2, 0) is 11.2 Å². The molecule has 116 valence electrons. The molecule has 0 aliphatic carbocycles. The van der Waals surface area contributed by atoms with Gasteiger partial charge in [-0.25, -0.2) is 0 Å². The normalized spacial score (nSPS) is 10.5. The summed E-state index contributed by atoms with van der Waals surface area (Å²) in [5.41, 5.74) is 1.38. The fourth-order valence-electron chi connectivity index (χ4n) is 1.95. The van der Waals surface area contributed by atoms with Crippen LogP contribution in [0.25, 0.3) is 0 Å². The molecular weight excluding hydrogens is 304 g/mol. The van der Waals surface area contributed by atoms with E-state index in [1.165, 1.54) is 0 Å². The summed E-state index contributed by atoms with van der Waals surface area (Å²) in [7, 11) is 0. The average Bonchev–Trinajstić information content (AvgIpc) is 2.91. The van der Waals surface area contributed by atoms with Crippen LogP contribution in [0.4, 0.5) is 0 Å². The van der Waals surface area contributed by atoms with Gasteiger partial charge in [0.05, 0.1) is 5.69 Å². The molecule has 0 spiro atoms. The highest BCUT2D eigenvalue weighted by molar-refractivity contribution is 6.30. The lowest BCUT2D eigenvalue weighted by molar-refractivity contribution is -0.121. The van der Waals surface area contributed by atoms with Gasteiger partial charge in [0.2, 0.25) is 5.91 Å². The number of nitrogens with zero attached hydrogens (tertiary/aromatic N) is 1. The smallest absolute Gasteiger partial charge is 0.220 e. The number of carbonyl (C=O) groups excluding carboxylic acids is 2. The first-order valence-electron chi connectivity index (χ1n) is 7.02. The number of halogens is 1. The van der Waals surface area contributed by atoms with Gasteiger partial charge >= 0.3 is 0 Å². The molecule has 0 bridgehead atoms. The lowest BCUT2D eigenvalue weighted by Gasteiger charge is -2.04. The highest BCUT2D eigenvalue weighted by Crippen LogP contribution is 2.11. The summed E-state index contributed by atoms with van der Waals surface area (Å²) in [6.07, 6.45) is 0.920. The van der Waals surface area contributed by atoms with Crippen LogP contribution in [0.5, 0.6) is 0 Å². The Morgan fingerprint density at radius 2 is 1.95 bits per heavy atom. The Morgan fingerprint density at radius 3 is 2.59 bits per heavy atom. The first-order chi connectivity index (χ1) is 10.5. The number of carbonyl (C=O) groups is 2. The number of rotatable bonds is 7. The molecule has 0 atom stereocenters. The summed E-state index contributed by atoms with van der Waals surface area (Å²) < 4.78 is 5.05. The molecule has 0 aliphatic rings. The quantitative estimate of drug-likeness (QED) is 0.796. The Hall–Kier alpha value is -2.14. The Balaban J connectivity index is 1.68. The van der Waals surface area contributed by atoms with Gasteiger partial charge < -0.3 is 9.84 Å². The zero-order valence-electron chi connectivity index (χ0n) is 12.3. The molecule has 1 amide bonds. The number of amides is 1. The minimum Gasteiger partial charge on any atom is -0.361 e. The number of hydrogen-bond donors (Lipinski definition) is 1. The van der Waals surface area contributed by atoms with Crippen molar-refractivity contribution in [1.29, 1.82) is 0 Å². The first-order valence-corrected chi connectivity index (χ1v) is 7.40. The van der Waals surface area contributed by atoms with Gasteiger partial charge in [0.25, 0.3) is 0 Å². The third-order valence-corrected chi connectivity index (χ3v) is 3.37. The van der Waals surface area contributed by atoms with Gasteiger partial charge in [-0.1, -0.05) is 16.8 Å². The van der Waals surface area contributed by atoms with E-state index in [0.29, 0.717) is 23.6 Å². The summed E-state index contributed by atoms with van der Waals surface area (Å²) in [6, 6.07) is 8.47. The first kappa shape index (κ1) is 16.2. The van der Waals surface area contributed by atoms with Gasteiger partial charge in [-0.05, 0) is 31.2 Å². The molecule has 6 heteroatoms. The number of nitrogens with one attached hydrogen (secondary N) is 1. The zero-order chi connectivity index (χ0) is 15.9. The van der Waals surface area contributed by atoms with E-state index in [2.05, 4.69) is 10.5 Å². The predicted octanol–water partition coefficient (Wildman–Crippen LogP) is 2.96. The Morgan fingerprint density at radius 1 is 1.23 bits per heavy atom. The van der Waals surface area contributed by atoms with Crippen LogP contribution in [0.15, 0.2) is 34.9 Å². The molecule has 0 fully saturated rings. The lowest BCUT2D eigenvalue weighted by atomic mass is 10.1. The van der Waals surface area contributed by atoms with Crippen molar-refractivity contribution in [2.45, 2.75) is 26.2 Å². The molecule has 0 saturated heterocycles. The maximum absolute atomic E-state index is 11.9. The van der Waals surface area contributed by atoms with E-state index in [1.54, 1.807) is 24.3 Å². The van der Waals surface area contributed by atoms with Crippen LogP contribution in [0.1, 0.15) is 34.7 Å². The largest absolute Gasteiger partial charge is 0.361 e. The summed E-state index contributed by atoms with van der Waals surface area (Å²) >= 11 is 5.77. The van der Waals surface area contributed by atoms with Gasteiger partial charge in [-0.2, -0.15) is 0 Å². The Kier molecular flexibility index (Phi) is 5.72. The number of aromatic nitrogens is 1. The molecule has 1 heterocycles. The highest BCUT2D eigenvalue weighted by atomic mass is 35.5. The van der Waals surface area contributed by atoms with E-state index in [0.717, 1.165) is 11.5 Å². The lowest BCUT2D eigenvalue weighted by Crippen LogP contribution is -2.25. The van der Waals surface area contributed by atoms with Gasteiger partial charge in [0.15, 0.2) is 5.78 Å². The van der Waals surface area contributed by atoms with Crippen LogP contribution >= 0.6 is 11.6 Å². The van der Waals surface area contributed by atoms with Crippen molar-refractivity contribution in [2.75, 3.05) is 6.54 Å².